The van der Waals surface area contributed by atoms with Crippen LogP contribution < -0.4 is 5.32 Å². The first-order valence-corrected chi connectivity index (χ1v) is 11.2. The molecule has 3 heterocycles. The van der Waals surface area contributed by atoms with Crippen LogP contribution in [-0.2, 0) is 4.79 Å². The van der Waals surface area contributed by atoms with Gasteiger partial charge in [0.15, 0.2) is 0 Å². The number of anilines is 1. The molecular formula is C26H25N5O2. The molecule has 0 aliphatic carbocycles. The van der Waals surface area contributed by atoms with Gasteiger partial charge in [0, 0.05) is 17.8 Å². The van der Waals surface area contributed by atoms with Crippen molar-refractivity contribution < 1.29 is 9.32 Å². The lowest BCUT2D eigenvalue weighted by Crippen LogP contribution is -2.38. The van der Waals surface area contributed by atoms with E-state index in [9.17, 15) is 4.79 Å². The molecule has 7 nitrogen and oxygen atoms in total. The second-order valence-electron chi connectivity index (χ2n) is 8.21. The largest absolute Gasteiger partial charge is 0.339 e. The molecule has 1 fully saturated rings. The van der Waals surface area contributed by atoms with Gasteiger partial charge in [-0.1, -0.05) is 53.7 Å². The van der Waals surface area contributed by atoms with E-state index in [1.54, 1.807) is 6.20 Å². The van der Waals surface area contributed by atoms with Crippen LogP contribution in [0, 0.1) is 0 Å². The summed E-state index contributed by atoms with van der Waals surface area (Å²) in [4.78, 5) is 23.5. The molecule has 1 aliphatic rings. The van der Waals surface area contributed by atoms with Crippen LogP contribution in [0.4, 0.5) is 5.69 Å². The first-order chi connectivity index (χ1) is 16.2. The minimum atomic E-state index is -0.00357. The van der Waals surface area contributed by atoms with Crippen LogP contribution in [0.2, 0.25) is 0 Å². The lowest BCUT2D eigenvalue weighted by molar-refractivity contribution is -0.117. The zero-order valence-corrected chi connectivity index (χ0v) is 18.2. The van der Waals surface area contributed by atoms with E-state index in [0.29, 0.717) is 24.0 Å². The second-order valence-corrected chi connectivity index (χ2v) is 8.21. The molecular weight excluding hydrogens is 414 g/mol. The van der Waals surface area contributed by atoms with Gasteiger partial charge >= 0.3 is 0 Å². The standard InChI is InChI=1S/C26H25N5O2/c32-24(28-22-11-9-20(10-12-22)19-6-2-1-3-7-19)18-31-16-13-21(14-17-31)26-29-25(30-33-26)23-8-4-5-15-27-23/h1-12,15,21H,13-14,16-18H2,(H,28,32). The fourth-order valence-corrected chi connectivity index (χ4v) is 4.12. The van der Waals surface area contributed by atoms with E-state index in [-0.39, 0.29) is 11.8 Å². The van der Waals surface area contributed by atoms with Crippen molar-refractivity contribution in [2.45, 2.75) is 18.8 Å². The third-order valence-electron chi connectivity index (χ3n) is 5.92. The average molecular weight is 440 g/mol. The van der Waals surface area contributed by atoms with Gasteiger partial charge in [0.1, 0.15) is 5.69 Å². The van der Waals surface area contributed by atoms with E-state index < -0.39 is 0 Å². The number of piperidine rings is 1. The molecule has 4 aromatic rings. The maximum atomic E-state index is 12.5. The number of carbonyl (C=O) groups is 1. The summed E-state index contributed by atoms with van der Waals surface area (Å²) in [6.45, 7) is 1.99. The third-order valence-corrected chi connectivity index (χ3v) is 5.92. The summed E-state index contributed by atoms with van der Waals surface area (Å²) in [6.07, 6.45) is 3.47. The number of carbonyl (C=O) groups excluding carboxylic acids is 1. The molecule has 0 spiro atoms. The molecule has 166 valence electrons. The van der Waals surface area contributed by atoms with E-state index in [2.05, 4.69) is 37.5 Å². The number of hydrogen-bond donors (Lipinski definition) is 1. The Morgan fingerprint density at radius 2 is 1.67 bits per heavy atom. The molecule has 1 N–H and O–H groups in total. The van der Waals surface area contributed by atoms with Crippen LogP contribution in [0.15, 0.2) is 83.5 Å². The molecule has 1 aliphatic heterocycles. The summed E-state index contributed by atoms with van der Waals surface area (Å²) in [5.74, 6) is 1.37. The Kier molecular flexibility index (Phi) is 6.21. The number of likely N-dealkylation sites (tertiary alicyclic amines) is 1. The van der Waals surface area contributed by atoms with Crippen molar-refractivity contribution in [3.63, 3.8) is 0 Å². The maximum Gasteiger partial charge on any atom is 0.238 e. The SMILES string of the molecule is O=C(CN1CCC(c2nc(-c3ccccn3)no2)CC1)Nc1ccc(-c2ccccc2)cc1. The van der Waals surface area contributed by atoms with Crippen molar-refractivity contribution in [3.8, 4) is 22.6 Å². The number of pyridine rings is 1. The number of rotatable bonds is 6. The highest BCUT2D eigenvalue weighted by molar-refractivity contribution is 5.92. The van der Waals surface area contributed by atoms with Crippen LogP contribution in [-0.4, -0.2) is 45.6 Å². The molecule has 7 heteroatoms. The molecule has 2 aromatic carbocycles. The minimum absolute atomic E-state index is 0.00357. The van der Waals surface area contributed by atoms with Crippen LogP contribution >= 0.6 is 0 Å². The lowest BCUT2D eigenvalue weighted by atomic mass is 9.97. The second kappa shape index (κ2) is 9.75. The monoisotopic (exact) mass is 439 g/mol. The normalized spacial score (nSPS) is 14.8. The molecule has 1 saturated heterocycles. The van der Waals surface area contributed by atoms with E-state index in [4.69, 9.17) is 4.52 Å². The number of benzene rings is 2. The summed E-state index contributed by atoms with van der Waals surface area (Å²) in [7, 11) is 0. The summed E-state index contributed by atoms with van der Waals surface area (Å²) < 4.78 is 5.50. The zero-order chi connectivity index (χ0) is 22.5. The third kappa shape index (κ3) is 5.15. The Morgan fingerprint density at radius 1 is 0.939 bits per heavy atom. The van der Waals surface area contributed by atoms with Gasteiger partial charge in [-0.05, 0) is 61.3 Å². The Balaban J connectivity index is 1.11. The van der Waals surface area contributed by atoms with Crippen LogP contribution in [0.1, 0.15) is 24.7 Å². The number of hydrogen-bond acceptors (Lipinski definition) is 6. The van der Waals surface area contributed by atoms with Gasteiger partial charge in [0.05, 0.1) is 6.54 Å². The number of nitrogens with one attached hydrogen (secondary N) is 1. The van der Waals surface area contributed by atoms with Crippen molar-refractivity contribution in [1.29, 1.82) is 0 Å². The maximum absolute atomic E-state index is 12.5. The highest BCUT2D eigenvalue weighted by Gasteiger charge is 2.26. The fourth-order valence-electron chi connectivity index (χ4n) is 4.12. The lowest BCUT2D eigenvalue weighted by Gasteiger charge is -2.29. The van der Waals surface area contributed by atoms with Gasteiger partial charge in [0.2, 0.25) is 17.6 Å². The van der Waals surface area contributed by atoms with E-state index >= 15 is 0 Å². The molecule has 0 saturated carbocycles. The molecule has 0 radical (unpaired) electrons. The fraction of sp³-hybridized carbons (Fsp3) is 0.231. The smallest absolute Gasteiger partial charge is 0.238 e. The van der Waals surface area contributed by atoms with Crippen molar-refractivity contribution in [1.82, 2.24) is 20.0 Å². The van der Waals surface area contributed by atoms with Gasteiger partial charge in [-0.15, -0.1) is 0 Å². The average Bonchev–Trinajstić information content (AvgIpc) is 3.36. The van der Waals surface area contributed by atoms with E-state index in [1.807, 2.05) is 60.7 Å². The molecule has 0 bridgehead atoms. The van der Waals surface area contributed by atoms with E-state index in [1.165, 1.54) is 0 Å². The number of amides is 1. The molecule has 1 amide bonds. The van der Waals surface area contributed by atoms with Gasteiger partial charge in [-0.25, -0.2) is 0 Å². The first kappa shape index (κ1) is 21.0. The van der Waals surface area contributed by atoms with Gasteiger partial charge in [0.25, 0.3) is 0 Å². The quantitative estimate of drug-likeness (QED) is 0.472. The topological polar surface area (TPSA) is 84.2 Å². The Bertz CT molecular complexity index is 1180. The Hall–Kier alpha value is -3.84. The number of aromatic nitrogens is 3. The predicted octanol–water partition coefficient (Wildman–Crippen LogP) is 4.62. The van der Waals surface area contributed by atoms with Crippen molar-refractivity contribution >= 4 is 11.6 Å². The highest BCUT2D eigenvalue weighted by Crippen LogP contribution is 2.28. The van der Waals surface area contributed by atoms with Crippen LogP contribution in [0.5, 0.6) is 0 Å². The Labute approximate surface area is 192 Å². The molecule has 2 aromatic heterocycles. The first-order valence-electron chi connectivity index (χ1n) is 11.2. The van der Waals surface area contributed by atoms with Gasteiger partial charge in [-0.2, -0.15) is 4.98 Å². The molecule has 5 rings (SSSR count). The summed E-state index contributed by atoms with van der Waals surface area (Å²) >= 11 is 0. The summed E-state index contributed by atoms with van der Waals surface area (Å²) in [5, 5.41) is 7.08. The van der Waals surface area contributed by atoms with Crippen molar-refractivity contribution in [2.75, 3.05) is 25.0 Å². The number of nitrogens with zero attached hydrogens (tertiary/aromatic N) is 4. The summed E-state index contributed by atoms with van der Waals surface area (Å²) in [6, 6.07) is 23.8. The van der Waals surface area contributed by atoms with Gasteiger partial charge in [-0.3, -0.25) is 14.7 Å². The van der Waals surface area contributed by atoms with E-state index in [0.717, 1.165) is 42.7 Å². The van der Waals surface area contributed by atoms with Crippen molar-refractivity contribution in [2.24, 2.45) is 0 Å². The summed E-state index contributed by atoms with van der Waals surface area (Å²) in [5.41, 5.74) is 3.80. The highest BCUT2D eigenvalue weighted by atomic mass is 16.5. The molecule has 33 heavy (non-hydrogen) atoms. The zero-order valence-electron chi connectivity index (χ0n) is 18.2. The van der Waals surface area contributed by atoms with Gasteiger partial charge < -0.3 is 9.84 Å². The van der Waals surface area contributed by atoms with Crippen LogP contribution in [0.3, 0.4) is 0 Å². The Morgan fingerprint density at radius 3 is 2.39 bits per heavy atom. The molecule has 0 atom stereocenters. The van der Waals surface area contributed by atoms with Crippen LogP contribution in [0.25, 0.3) is 22.6 Å². The predicted molar refractivity (Wildman–Crippen MR) is 126 cm³/mol. The van der Waals surface area contributed by atoms with Crippen molar-refractivity contribution in [3.05, 3.63) is 84.9 Å². The molecule has 0 unspecified atom stereocenters. The minimum Gasteiger partial charge on any atom is -0.339 e.